The standard InChI is InChI=1S/C8H18OSi.ClH/c1-3-4-5-6-7-8(2)10-9;/h9H,2-7,10H2,1H3;1H. The summed E-state index contributed by atoms with van der Waals surface area (Å²) in [5, 5.41) is 1.11. The minimum Gasteiger partial charge on any atom is -0.434 e. The van der Waals surface area contributed by atoms with E-state index in [2.05, 4.69) is 13.5 Å². The topological polar surface area (TPSA) is 20.2 Å². The summed E-state index contributed by atoms with van der Waals surface area (Å²) in [6.45, 7) is 5.99. The monoisotopic (exact) mass is 194 g/mol. The first-order valence-electron chi connectivity index (χ1n) is 4.08. The third-order valence-corrected chi connectivity index (χ3v) is 2.41. The van der Waals surface area contributed by atoms with Gasteiger partial charge in [0.25, 0.3) is 0 Å². The van der Waals surface area contributed by atoms with E-state index in [1.807, 2.05) is 0 Å². The maximum Gasteiger partial charge on any atom is 0.183 e. The van der Waals surface area contributed by atoms with Crippen molar-refractivity contribution in [3.63, 3.8) is 0 Å². The quantitative estimate of drug-likeness (QED) is 0.507. The van der Waals surface area contributed by atoms with E-state index in [4.69, 9.17) is 4.80 Å². The second kappa shape index (κ2) is 10.2. The summed E-state index contributed by atoms with van der Waals surface area (Å²) in [5.41, 5.74) is 0. The first-order chi connectivity index (χ1) is 4.81. The molecule has 0 unspecified atom stereocenters. The summed E-state index contributed by atoms with van der Waals surface area (Å²) in [5.74, 6) is 0. The maximum absolute atomic E-state index is 8.73. The average Bonchev–Trinajstić information content (AvgIpc) is 1.98. The summed E-state index contributed by atoms with van der Waals surface area (Å²) < 4.78 is 0. The van der Waals surface area contributed by atoms with E-state index in [1.54, 1.807) is 0 Å². The fourth-order valence-corrected chi connectivity index (χ4v) is 1.29. The smallest absolute Gasteiger partial charge is 0.183 e. The number of unbranched alkanes of at least 4 members (excludes halogenated alkanes) is 3. The third-order valence-electron chi connectivity index (χ3n) is 1.61. The molecular formula is C8H19ClOSi. The van der Waals surface area contributed by atoms with E-state index in [1.165, 1.54) is 25.7 Å². The van der Waals surface area contributed by atoms with Gasteiger partial charge in [-0.1, -0.05) is 31.4 Å². The number of rotatable bonds is 6. The molecule has 68 valence electrons. The molecule has 3 heteroatoms. The molecular weight excluding hydrogens is 176 g/mol. The first kappa shape index (κ1) is 13.8. The van der Waals surface area contributed by atoms with Gasteiger partial charge in [-0.25, -0.2) is 0 Å². The lowest BCUT2D eigenvalue weighted by molar-refractivity contribution is 0.602. The van der Waals surface area contributed by atoms with Crippen LogP contribution in [0, 0.1) is 0 Å². The number of hydrogen-bond acceptors (Lipinski definition) is 1. The number of hydrogen-bond donors (Lipinski definition) is 1. The summed E-state index contributed by atoms with van der Waals surface area (Å²) in [7, 11) is -0.890. The van der Waals surface area contributed by atoms with Crippen molar-refractivity contribution in [3.05, 3.63) is 11.8 Å². The van der Waals surface area contributed by atoms with Crippen LogP contribution in [0.4, 0.5) is 0 Å². The Morgan fingerprint density at radius 3 is 2.45 bits per heavy atom. The molecule has 0 aromatic heterocycles. The predicted molar refractivity (Wildman–Crippen MR) is 55.9 cm³/mol. The van der Waals surface area contributed by atoms with Crippen molar-refractivity contribution < 1.29 is 4.80 Å². The van der Waals surface area contributed by atoms with Gasteiger partial charge in [0, 0.05) is 0 Å². The van der Waals surface area contributed by atoms with Gasteiger partial charge in [0.2, 0.25) is 0 Å². The summed E-state index contributed by atoms with van der Waals surface area (Å²) in [4.78, 5) is 8.73. The van der Waals surface area contributed by atoms with Crippen molar-refractivity contribution in [2.75, 3.05) is 0 Å². The molecule has 0 aliphatic carbocycles. The Morgan fingerprint density at radius 1 is 1.36 bits per heavy atom. The Balaban J connectivity index is 0. The Hall–Kier alpha value is 0.207. The van der Waals surface area contributed by atoms with Crippen LogP contribution in [0.5, 0.6) is 0 Å². The minimum atomic E-state index is -0.890. The molecule has 0 bridgehead atoms. The van der Waals surface area contributed by atoms with E-state index in [-0.39, 0.29) is 12.4 Å². The van der Waals surface area contributed by atoms with E-state index in [9.17, 15) is 0 Å². The van der Waals surface area contributed by atoms with Crippen molar-refractivity contribution in [1.82, 2.24) is 0 Å². The van der Waals surface area contributed by atoms with Crippen LogP contribution < -0.4 is 0 Å². The molecule has 0 atom stereocenters. The zero-order valence-electron chi connectivity index (χ0n) is 7.31. The van der Waals surface area contributed by atoms with Crippen molar-refractivity contribution in [1.29, 1.82) is 0 Å². The molecule has 0 rings (SSSR count). The summed E-state index contributed by atoms with van der Waals surface area (Å²) in [6, 6.07) is 0. The Bertz CT molecular complexity index is 96.1. The second-order valence-electron chi connectivity index (χ2n) is 2.72. The lowest BCUT2D eigenvalue weighted by Crippen LogP contribution is -1.92. The molecule has 0 heterocycles. The molecule has 0 aromatic rings. The Labute approximate surface area is 78.2 Å². The molecule has 0 amide bonds. The first-order valence-corrected chi connectivity index (χ1v) is 5.42. The highest BCUT2D eigenvalue weighted by Gasteiger charge is 1.91. The number of halogens is 1. The lowest BCUT2D eigenvalue weighted by Gasteiger charge is -1.99. The van der Waals surface area contributed by atoms with Crippen molar-refractivity contribution in [2.45, 2.75) is 39.0 Å². The van der Waals surface area contributed by atoms with E-state index < -0.39 is 9.76 Å². The van der Waals surface area contributed by atoms with Gasteiger partial charge in [-0.3, -0.25) is 0 Å². The fourth-order valence-electron chi connectivity index (χ4n) is 0.881. The summed E-state index contributed by atoms with van der Waals surface area (Å²) in [6.07, 6.45) is 6.18. The van der Waals surface area contributed by atoms with Crippen LogP contribution in [0.15, 0.2) is 11.8 Å². The largest absolute Gasteiger partial charge is 0.434 e. The van der Waals surface area contributed by atoms with Crippen molar-refractivity contribution >= 4 is 22.2 Å². The van der Waals surface area contributed by atoms with Gasteiger partial charge in [-0.15, -0.1) is 19.0 Å². The highest BCUT2D eigenvalue weighted by atomic mass is 35.5. The van der Waals surface area contributed by atoms with Gasteiger partial charge >= 0.3 is 0 Å². The molecule has 11 heavy (non-hydrogen) atoms. The van der Waals surface area contributed by atoms with Crippen LogP contribution in [0.2, 0.25) is 0 Å². The SMILES string of the molecule is C=C(CCCCCC)[SiH2]O.Cl. The van der Waals surface area contributed by atoms with Gasteiger partial charge < -0.3 is 4.80 Å². The van der Waals surface area contributed by atoms with Crippen LogP contribution >= 0.6 is 12.4 Å². The molecule has 0 spiro atoms. The van der Waals surface area contributed by atoms with Crippen LogP contribution in [-0.4, -0.2) is 14.6 Å². The molecule has 0 fully saturated rings. The normalized spacial score (nSPS) is 10.0. The molecule has 0 radical (unpaired) electrons. The third kappa shape index (κ3) is 10.2. The van der Waals surface area contributed by atoms with Crippen LogP contribution in [0.1, 0.15) is 39.0 Å². The van der Waals surface area contributed by atoms with Crippen LogP contribution in [0.25, 0.3) is 0 Å². The zero-order chi connectivity index (χ0) is 7.82. The molecule has 0 aliphatic rings. The Morgan fingerprint density at radius 2 is 2.00 bits per heavy atom. The van der Waals surface area contributed by atoms with Gasteiger partial charge in [0.05, 0.1) is 0 Å². The zero-order valence-corrected chi connectivity index (χ0v) is 9.54. The van der Waals surface area contributed by atoms with E-state index in [0.717, 1.165) is 11.6 Å². The minimum absolute atomic E-state index is 0. The van der Waals surface area contributed by atoms with Gasteiger partial charge in [0.15, 0.2) is 9.76 Å². The average molecular weight is 195 g/mol. The molecule has 1 N–H and O–H groups in total. The molecule has 0 saturated carbocycles. The molecule has 1 nitrogen and oxygen atoms in total. The van der Waals surface area contributed by atoms with Crippen LogP contribution in [-0.2, 0) is 0 Å². The molecule has 0 aliphatic heterocycles. The fraction of sp³-hybridized carbons (Fsp3) is 0.750. The van der Waals surface area contributed by atoms with E-state index in [0.29, 0.717) is 0 Å². The second-order valence-corrected chi connectivity index (χ2v) is 4.04. The van der Waals surface area contributed by atoms with Crippen LogP contribution in [0.3, 0.4) is 0 Å². The van der Waals surface area contributed by atoms with Gasteiger partial charge in [0.1, 0.15) is 0 Å². The maximum atomic E-state index is 8.73. The highest BCUT2D eigenvalue weighted by molar-refractivity contribution is 6.35. The Kier molecular flexibility index (Phi) is 12.8. The molecule has 0 saturated heterocycles. The van der Waals surface area contributed by atoms with E-state index >= 15 is 0 Å². The predicted octanol–water partition coefficient (Wildman–Crippen LogP) is 1.97. The lowest BCUT2D eigenvalue weighted by atomic mass is 10.1. The summed E-state index contributed by atoms with van der Waals surface area (Å²) >= 11 is 0. The van der Waals surface area contributed by atoms with Crippen molar-refractivity contribution in [3.8, 4) is 0 Å². The van der Waals surface area contributed by atoms with Crippen molar-refractivity contribution in [2.24, 2.45) is 0 Å². The number of allylic oxidation sites excluding steroid dienone is 1. The highest BCUT2D eigenvalue weighted by Crippen LogP contribution is 2.06. The molecule has 0 aromatic carbocycles. The van der Waals surface area contributed by atoms with Gasteiger partial charge in [-0.05, 0) is 12.8 Å². The van der Waals surface area contributed by atoms with Gasteiger partial charge in [-0.2, -0.15) is 0 Å².